The van der Waals surface area contributed by atoms with Gasteiger partial charge in [0.1, 0.15) is 12.0 Å². The molecule has 3 rings (SSSR count). The summed E-state index contributed by atoms with van der Waals surface area (Å²) < 4.78 is 5.59. The Morgan fingerprint density at radius 1 is 1.30 bits per heavy atom. The number of rotatable bonds is 6. The SMILES string of the molecule is CNc1cccc(-c2ccc3c(c2)CCO3)c1N[C@H](C)CC=O. The van der Waals surface area contributed by atoms with Crippen LogP contribution in [-0.2, 0) is 11.2 Å². The van der Waals surface area contributed by atoms with E-state index in [1.807, 2.05) is 32.2 Å². The molecule has 1 heterocycles. The lowest BCUT2D eigenvalue weighted by atomic mass is 9.99. The lowest BCUT2D eigenvalue weighted by molar-refractivity contribution is -0.107. The lowest BCUT2D eigenvalue weighted by Gasteiger charge is -2.20. The summed E-state index contributed by atoms with van der Waals surface area (Å²) in [6, 6.07) is 12.6. The average Bonchev–Trinajstić information content (AvgIpc) is 3.02. The number of fused-ring (bicyclic) bond motifs is 1. The molecule has 2 aromatic carbocycles. The summed E-state index contributed by atoms with van der Waals surface area (Å²) in [6.07, 6.45) is 2.39. The normalized spacial score (nSPS) is 13.8. The van der Waals surface area contributed by atoms with Gasteiger partial charge in [0.25, 0.3) is 0 Å². The number of anilines is 2. The zero-order chi connectivity index (χ0) is 16.2. The van der Waals surface area contributed by atoms with Gasteiger partial charge in [0.05, 0.1) is 18.0 Å². The monoisotopic (exact) mass is 310 g/mol. The van der Waals surface area contributed by atoms with Crippen molar-refractivity contribution in [1.29, 1.82) is 0 Å². The maximum atomic E-state index is 10.8. The average molecular weight is 310 g/mol. The van der Waals surface area contributed by atoms with E-state index < -0.39 is 0 Å². The van der Waals surface area contributed by atoms with Crippen molar-refractivity contribution in [2.45, 2.75) is 25.8 Å². The zero-order valence-corrected chi connectivity index (χ0v) is 13.6. The van der Waals surface area contributed by atoms with Crippen LogP contribution < -0.4 is 15.4 Å². The molecule has 2 N–H and O–H groups in total. The number of nitrogens with one attached hydrogen (secondary N) is 2. The molecule has 120 valence electrons. The molecule has 1 aliphatic rings. The van der Waals surface area contributed by atoms with Crippen LogP contribution in [0.3, 0.4) is 0 Å². The zero-order valence-electron chi connectivity index (χ0n) is 13.6. The fraction of sp³-hybridized carbons (Fsp3) is 0.316. The summed E-state index contributed by atoms with van der Waals surface area (Å²) in [6.45, 7) is 2.78. The van der Waals surface area contributed by atoms with Crippen molar-refractivity contribution >= 4 is 17.7 Å². The van der Waals surface area contributed by atoms with Crippen molar-refractivity contribution < 1.29 is 9.53 Å². The van der Waals surface area contributed by atoms with E-state index in [4.69, 9.17) is 4.74 Å². The molecular formula is C19H22N2O2. The molecule has 0 unspecified atom stereocenters. The highest BCUT2D eigenvalue weighted by atomic mass is 16.5. The topological polar surface area (TPSA) is 50.4 Å². The van der Waals surface area contributed by atoms with E-state index in [9.17, 15) is 4.79 Å². The molecule has 0 amide bonds. The molecule has 0 spiro atoms. The summed E-state index contributed by atoms with van der Waals surface area (Å²) in [7, 11) is 1.91. The fourth-order valence-electron chi connectivity index (χ4n) is 2.96. The third-order valence-corrected chi connectivity index (χ3v) is 4.17. The molecule has 0 aliphatic carbocycles. The first-order chi connectivity index (χ1) is 11.2. The minimum absolute atomic E-state index is 0.0820. The van der Waals surface area contributed by atoms with Gasteiger partial charge in [-0.2, -0.15) is 0 Å². The van der Waals surface area contributed by atoms with Crippen LogP contribution in [0.25, 0.3) is 11.1 Å². The Bertz CT molecular complexity index is 713. The van der Waals surface area contributed by atoms with Gasteiger partial charge < -0.3 is 20.2 Å². The van der Waals surface area contributed by atoms with E-state index in [2.05, 4.69) is 28.8 Å². The number of carbonyl (C=O) groups excluding carboxylic acids is 1. The smallest absolute Gasteiger partial charge is 0.122 e. The van der Waals surface area contributed by atoms with Gasteiger partial charge in [-0.25, -0.2) is 0 Å². The first kappa shape index (κ1) is 15.4. The molecule has 0 radical (unpaired) electrons. The van der Waals surface area contributed by atoms with E-state index in [-0.39, 0.29) is 6.04 Å². The molecule has 4 heteroatoms. The quantitative estimate of drug-likeness (QED) is 0.798. The van der Waals surface area contributed by atoms with Crippen LogP contribution in [0.5, 0.6) is 5.75 Å². The van der Waals surface area contributed by atoms with E-state index >= 15 is 0 Å². The van der Waals surface area contributed by atoms with Gasteiger partial charge in [-0.1, -0.05) is 18.2 Å². The maximum Gasteiger partial charge on any atom is 0.122 e. The summed E-state index contributed by atoms with van der Waals surface area (Å²) in [5, 5.41) is 6.70. The molecular weight excluding hydrogens is 288 g/mol. The highest BCUT2D eigenvalue weighted by Crippen LogP contribution is 2.37. The predicted molar refractivity (Wildman–Crippen MR) is 94.4 cm³/mol. The minimum Gasteiger partial charge on any atom is -0.493 e. The predicted octanol–water partition coefficient (Wildman–Crippen LogP) is 3.72. The van der Waals surface area contributed by atoms with Crippen LogP contribution in [-0.4, -0.2) is 26.0 Å². The number of hydrogen-bond donors (Lipinski definition) is 2. The Balaban J connectivity index is 2.02. The maximum absolute atomic E-state index is 10.8. The molecule has 23 heavy (non-hydrogen) atoms. The van der Waals surface area contributed by atoms with Crippen LogP contribution in [0, 0.1) is 0 Å². The summed E-state index contributed by atoms with van der Waals surface area (Å²) in [4.78, 5) is 10.8. The molecule has 0 saturated heterocycles. The van der Waals surface area contributed by atoms with Crippen molar-refractivity contribution in [3.8, 4) is 16.9 Å². The first-order valence-electron chi connectivity index (χ1n) is 8.00. The number of carbonyl (C=O) groups is 1. The van der Waals surface area contributed by atoms with Gasteiger partial charge >= 0.3 is 0 Å². The van der Waals surface area contributed by atoms with Crippen molar-refractivity contribution in [3.63, 3.8) is 0 Å². The third-order valence-electron chi connectivity index (χ3n) is 4.17. The van der Waals surface area contributed by atoms with Gasteiger partial charge in [-0.05, 0) is 36.2 Å². The van der Waals surface area contributed by atoms with Crippen LogP contribution in [0.15, 0.2) is 36.4 Å². The summed E-state index contributed by atoms with van der Waals surface area (Å²) >= 11 is 0. The number of aldehydes is 1. The Morgan fingerprint density at radius 3 is 2.96 bits per heavy atom. The Hall–Kier alpha value is -2.49. The molecule has 0 bridgehead atoms. The van der Waals surface area contributed by atoms with Crippen molar-refractivity contribution in [3.05, 3.63) is 42.0 Å². The van der Waals surface area contributed by atoms with E-state index in [1.165, 1.54) is 5.56 Å². The van der Waals surface area contributed by atoms with E-state index in [0.29, 0.717) is 6.42 Å². The molecule has 1 atom stereocenters. The Morgan fingerprint density at radius 2 is 2.17 bits per heavy atom. The van der Waals surface area contributed by atoms with E-state index in [0.717, 1.165) is 47.6 Å². The molecule has 0 fully saturated rings. The van der Waals surface area contributed by atoms with Gasteiger partial charge in [0.2, 0.25) is 0 Å². The number of ether oxygens (including phenoxy) is 1. The number of benzene rings is 2. The summed E-state index contributed by atoms with van der Waals surface area (Å²) in [5.74, 6) is 0.988. The third kappa shape index (κ3) is 3.16. The first-order valence-corrected chi connectivity index (χ1v) is 8.00. The second-order valence-electron chi connectivity index (χ2n) is 5.85. The van der Waals surface area contributed by atoms with Gasteiger partial charge in [-0.3, -0.25) is 0 Å². The second kappa shape index (κ2) is 6.73. The molecule has 4 nitrogen and oxygen atoms in total. The van der Waals surface area contributed by atoms with Crippen LogP contribution in [0.4, 0.5) is 11.4 Å². The van der Waals surface area contributed by atoms with Crippen molar-refractivity contribution in [2.24, 2.45) is 0 Å². The van der Waals surface area contributed by atoms with Gasteiger partial charge in [-0.15, -0.1) is 0 Å². The Labute approximate surface area is 136 Å². The van der Waals surface area contributed by atoms with Gasteiger partial charge in [0.15, 0.2) is 0 Å². The van der Waals surface area contributed by atoms with Crippen molar-refractivity contribution in [2.75, 3.05) is 24.3 Å². The van der Waals surface area contributed by atoms with Crippen LogP contribution in [0.2, 0.25) is 0 Å². The lowest BCUT2D eigenvalue weighted by Crippen LogP contribution is -2.17. The Kier molecular flexibility index (Phi) is 4.51. The highest BCUT2D eigenvalue weighted by molar-refractivity contribution is 5.88. The highest BCUT2D eigenvalue weighted by Gasteiger charge is 2.16. The minimum atomic E-state index is 0.0820. The standard InChI is InChI=1S/C19H22N2O2/c1-13(8-10-22)21-19-16(4-3-5-17(19)20-2)14-6-7-18-15(12-14)9-11-23-18/h3-7,10,12-13,20-21H,8-9,11H2,1-2H3/t13-/m1/s1. The number of para-hydroxylation sites is 1. The van der Waals surface area contributed by atoms with Crippen LogP contribution >= 0.6 is 0 Å². The van der Waals surface area contributed by atoms with Gasteiger partial charge in [0, 0.05) is 31.5 Å². The number of hydrogen-bond acceptors (Lipinski definition) is 4. The summed E-state index contributed by atoms with van der Waals surface area (Å²) in [5.41, 5.74) is 5.60. The van der Waals surface area contributed by atoms with Crippen molar-refractivity contribution in [1.82, 2.24) is 0 Å². The molecule has 0 aromatic heterocycles. The molecule has 0 saturated carbocycles. The van der Waals surface area contributed by atoms with E-state index in [1.54, 1.807) is 0 Å². The molecule has 1 aliphatic heterocycles. The van der Waals surface area contributed by atoms with Crippen LogP contribution in [0.1, 0.15) is 18.9 Å². The second-order valence-corrected chi connectivity index (χ2v) is 5.85. The molecule has 2 aromatic rings. The largest absolute Gasteiger partial charge is 0.493 e. The fourth-order valence-corrected chi connectivity index (χ4v) is 2.96.